The van der Waals surface area contributed by atoms with Gasteiger partial charge in [-0.15, -0.1) is 0 Å². The molecule has 0 saturated carbocycles. The Hall–Kier alpha value is -2.29. The van der Waals surface area contributed by atoms with Gasteiger partial charge in [-0.25, -0.2) is 4.79 Å². The van der Waals surface area contributed by atoms with Crippen LogP contribution in [0.4, 0.5) is 10.5 Å². The molecule has 120 valence electrons. The van der Waals surface area contributed by atoms with Crippen molar-refractivity contribution in [2.45, 2.75) is 39.7 Å². The highest BCUT2D eigenvalue weighted by atomic mass is 16.2. The number of aryl methyl sites for hydroxylation is 2. The third-order valence-corrected chi connectivity index (χ3v) is 4.91. The second kappa shape index (κ2) is 6.45. The minimum absolute atomic E-state index is 0.00412. The van der Waals surface area contributed by atoms with Gasteiger partial charge >= 0.3 is 6.03 Å². The van der Waals surface area contributed by atoms with E-state index in [1.54, 1.807) is 0 Å². The largest absolute Gasteiger partial charge is 0.322 e. The number of hydrogen-bond donors (Lipinski definition) is 1. The summed E-state index contributed by atoms with van der Waals surface area (Å²) in [7, 11) is 0. The average Bonchev–Trinajstić information content (AvgIpc) is 3.02. The van der Waals surface area contributed by atoms with E-state index in [9.17, 15) is 4.79 Å². The second-order valence-electron chi connectivity index (χ2n) is 6.39. The molecule has 1 aliphatic rings. The molecule has 1 heterocycles. The molecule has 0 bridgehead atoms. The SMILES string of the molecule is Cc1ccccc1[C@H]1CCCN1C(=O)Nc1cccc(C)c1C. The Morgan fingerprint density at radius 1 is 1.04 bits per heavy atom. The van der Waals surface area contributed by atoms with Crippen LogP contribution < -0.4 is 5.32 Å². The molecule has 1 aliphatic heterocycles. The third kappa shape index (κ3) is 3.09. The van der Waals surface area contributed by atoms with Crippen LogP contribution in [0.3, 0.4) is 0 Å². The first-order chi connectivity index (χ1) is 11.1. The molecule has 0 unspecified atom stereocenters. The van der Waals surface area contributed by atoms with Gasteiger partial charge < -0.3 is 10.2 Å². The Labute approximate surface area is 138 Å². The van der Waals surface area contributed by atoms with Crippen molar-refractivity contribution in [2.75, 3.05) is 11.9 Å². The lowest BCUT2D eigenvalue weighted by atomic mass is 9.99. The number of benzene rings is 2. The molecule has 2 amide bonds. The van der Waals surface area contributed by atoms with Gasteiger partial charge in [0.15, 0.2) is 0 Å². The maximum absolute atomic E-state index is 12.8. The molecule has 1 fully saturated rings. The number of anilines is 1. The van der Waals surface area contributed by atoms with Crippen molar-refractivity contribution < 1.29 is 4.79 Å². The molecule has 3 nitrogen and oxygen atoms in total. The van der Waals surface area contributed by atoms with Crippen molar-refractivity contribution in [3.63, 3.8) is 0 Å². The molecule has 0 aliphatic carbocycles. The number of urea groups is 1. The molecule has 2 aromatic rings. The van der Waals surface area contributed by atoms with Crippen LogP contribution in [-0.4, -0.2) is 17.5 Å². The lowest BCUT2D eigenvalue weighted by Gasteiger charge is -2.27. The van der Waals surface area contributed by atoms with Crippen LogP contribution in [0.15, 0.2) is 42.5 Å². The molecule has 23 heavy (non-hydrogen) atoms. The summed E-state index contributed by atoms with van der Waals surface area (Å²) in [6.07, 6.45) is 2.09. The van der Waals surface area contributed by atoms with E-state index in [4.69, 9.17) is 0 Å². The Bertz CT molecular complexity index is 723. The number of likely N-dealkylation sites (tertiary alicyclic amines) is 1. The smallest absolute Gasteiger partial charge is 0.317 e. The number of amides is 2. The van der Waals surface area contributed by atoms with Crippen molar-refractivity contribution in [1.82, 2.24) is 4.90 Å². The van der Waals surface area contributed by atoms with Gasteiger partial charge in [0.05, 0.1) is 6.04 Å². The van der Waals surface area contributed by atoms with E-state index in [1.807, 2.05) is 30.0 Å². The van der Waals surface area contributed by atoms with Gasteiger partial charge in [-0.2, -0.15) is 0 Å². The number of nitrogens with zero attached hydrogens (tertiary/aromatic N) is 1. The molecule has 1 N–H and O–H groups in total. The van der Waals surface area contributed by atoms with Crippen molar-refractivity contribution in [3.05, 3.63) is 64.7 Å². The minimum atomic E-state index is 0.00412. The summed E-state index contributed by atoms with van der Waals surface area (Å²) in [5.41, 5.74) is 5.75. The Morgan fingerprint density at radius 2 is 1.78 bits per heavy atom. The van der Waals surface area contributed by atoms with Crippen LogP contribution in [0.2, 0.25) is 0 Å². The molecule has 1 saturated heterocycles. The zero-order valence-electron chi connectivity index (χ0n) is 14.1. The molecule has 0 aromatic heterocycles. The summed E-state index contributed by atoms with van der Waals surface area (Å²) in [5, 5.41) is 3.10. The first kappa shape index (κ1) is 15.6. The van der Waals surface area contributed by atoms with E-state index in [1.165, 1.54) is 16.7 Å². The number of nitrogens with one attached hydrogen (secondary N) is 1. The van der Waals surface area contributed by atoms with Gasteiger partial charge in [0.25, 0.3) is 0 Å². The first-order valence-electron chi connectivity index (χ1n) is 8.27. The van der Waals surface area contributed by atoms with Crippen LogP contribution in [0.1, 0.15) is 41.1 Å². The topological polar surface area (TPSA) is 32.3 Å². The van der Waals surface area contributed by atoms with Crippen molar-refractivity contribution in [3.8, 4) is 0 Å². The van der Waals surface area contributed by atoms with Gasteiger partial charge in [-0.05, 0) is 61.9 Å². The fourth-order valence-electron chi connectivity index (χ4n) is 3.37. The lowest BCUT2D eigenvalue weighted by molar-refractivity contribution is 0.207. The van der Waals surface area contributed by atoms with Gasteiger partial charge in [-0.1, -0.05) is 36.4 Å². The number of carbonyl (C=O) groups excluding carboxylic acids is 1. The molecule has 0 radical (unpaired) electrons. The monoisotopic (exact) mass is 308 g/mol. The summed E-state index contributed by atoms with van der Waals surface area (Å²) in [4.78, 5) is 14.8. The predicted octanol–water partition coefficient (Wildman–Crippen LogP) is 4.98. The number of rotatable bonds is 2. The summed E-state index contributed by atoms with van der Waals surface area (Å²) in [6.45, 7) is 7.05. The molecular formula is C20H24N2O. The molecule has 0 spiro atoms. The van der Waals surface area contributed by atoms with Crippen molar-refractivity contribution in [2.24, 2.45) is 0 Å². The van der Waals surface area contributed by atoms with E-state index >= 15 is 0 Å². The summed E-state index contributed by atoms with van der Waals surface area (Å²) >= 11 is 0. The predicted molar refractivity (Wildman–Crippen MR) is 94.8 cm³/mol. The maximum atomic E-state index is 12.8. The Morgan fingerprint density at radius 3 is 2.57 bits per heavy atom. The molecule has 2 aromatic carbocycles. The van der Waals surface area contributed by atoms with Crippen LogP contribution in [0.25, 0.3) is 0 Å². The highest BCUT2D eigenvalue weighted by Crippen LogP contribution is 2.34. The van der Waals surface area contributed by atoms with E-state index in [0.29, 0.717) is 0 Å². The van der Waals surface area contributed by atoms with Crippen LogP contribution in [0.5, 0.6) is 0 Å². The van der Waals surface area contributed by atoms with Crippen molar-refractivity contribution >= 4 is 11.7 Å². The normalized spacial score (nSPS) is 17.3. The van der Waals surface area contributed by atoms with E-state index in [2.05, 4.69) is 43.4 Å². The molecular weight excluding hydrogens is 284 g/mol. The molecule has 1 atom stereocenters. The Kier molecular flexibility index (Phi) is 4.37. The molecule has 3 heteroatoms. The van der Waals surface area contributed by atoms with Crippen LogP contribution >= 0.6 is 0 Å². The van der Waals surface area contributed by atoms with E-state index in [0.717, 1.165) is 30.6 Å². The Balaban J connectivity index is 1.81. The summed E-state index contributed by atoms with van der Waals surface area (Å²) in [6, 6.07) is 14.6. The summed E-state index contributed by atoms with van der Waals surface area (Å²) in [5.74, 6) is 0. The van der Waals surface area contributed by atoms with Crippen LogP contribution in [0, 0.1) is 20.8 Å². The fraction of sp³-hybridized carbons (Fsp3) is 0.350. The second-order valence-corrected chi connectivity index (χ2v) is 6.39. The number of hydrogen-bond acceptors (Lipinski definition) is 1. The first-order valence-corrected chi connectivity index (χ1v) is 8.27. The quantitative estimate of drug-likeness (QED) is 0.833. The zero-order chi connectivity index (χ0) is 16.4. The maximum Gasteiger partial charge on any atom is 0.322 e. The standard InChI is InChI=1S/C20H24N2O/c1-14-9-6-11-18(16(14)3)21-20(23)22-13-7-12-19(22)17-10-5-4-8-15(17)2/h4-6,8-11,19H,7,12-13H2,1-3H3,(H,21,23)/t19-/m1/s1. The van der Waals surface area contributed by atoms with Gasteiger partial charge in [0.2, 0.25) is 0 Å². The molecule has 3 rings (SSSR count). The third-order valence-electron chi connectivity index (χ3n) is 4.91. The van der Waals surface area contributed by atoms with Gasteiger partial charge in [0, 0.05) is 12.2 Å². The van der Waals surface area contributed by atoms with Gasteiger partial charge in [0.1, 0.15) is 0 Å². The van der Waals surface area contributed by atoms with E-state index in [-0.39, 0.29) is 12.1 Å². The highest BCUT2D eigenvalue weighted by molar-refractivity contribution is 5.90. The number of carbonyl (C=O) groups is 1. The lowest BCUT2D eigenvalue weighted by Crippen LogP contribution is -2.34. The summed E-state index contributed by atoms with van der Waals surface area (Å²) < 4.78 is 0. The minimum Gasteiger partial charge on any atom is -0.317 e. The van der Waals surface area contributed by atoms with Crippen LogP contribution in [-0.2, 0) is 0 Å². The average molecular weight is 308 g/mol. The fourth-order valence-corrected chi connectivity index (χ4v) is 3.37. The highest BCUT2D eigenvalue weighted by Gasteiger charge is 2.30. The van der Waals surface area contributed by atoms with Gasteiger partial charge in [-0.3, -0.25) is 0 Å². The van der Waals surface area contributed by atoms with E-state index < -0.39 is 0 Å². The zero-order valence-corrected chi connectivity index (χ0v) is 14.1. The van der Waals surface area contributed by atoms with Crippen molar-refractivity contribution in [1.29, 1.82) is 0 Å².